The zero-order valence-corrected chi connectivity index (χ0v) is 18.6. The molecular weight excluding hydrogens is 440 g/mol. The summed E-state index contributed by atoms with van der Waals surface area (Å²) >= 11 is 5.97. The first-order chi connectivity index (χ1) is 14.8. The molecule has 0 aliphatic carbocycles. The Bertz CT molecular complexity index is 1100. The molecule has 0 bridgehead atoms. The molecule has 1 unspecified atom stereocenters. The van der Waals surface area contributed by atoms with Crippen LogP contribution in [0.4, 0.5) is 0 Å². The highest BCUT2D eigenvalue weighted by Crippen LogP contribution is 2.33. The molecule has 1 saturated heterocycles. The van der Waals surface area contributed by atoms with Gasteiger partial charge in [-0.25, -0.2) is 9.17 Å². The van der Waals surface area contributed by atoms with E-state index in [4.69, 9.17) is 25.3 Å². The number of rotatable bonds is 8. The van der Waals surface area contributed by atoms with Gasteiger partial charge in [-0.1, -0.05) is 41.4 Å². The van der Waals surface area contributed by atoms with Crippen LogP contribution in [0, 0.1) is 6.92 Å². The molecule has 0 saturated carbocycles. The summed E-state index contributed by atoms with van der Waals surface area (Å²) in [6.45, 7) is 2.24. The minimum atomic E-state index is -3.98. The third-order valence-electron chi connectivity index (χ3n) is 5.06. The Morgan fingerprint density at radius 2 is 1.94 bits per heavy atom. The molecular formula is C22H23ClN2O5S. The number of aryl methyl sites for hydroxylation is 2. The van der Waals surface area contributed by atoms with Crippen molar-refractivity contribution in [1.82, 2.24) is 9.55 Å². The lowest BCUT2D eigenvalue weighted by atomic mass is 10.0. The molecule has 31 heavy (non-hydrogen) atoms. The number of halogens is 1. The molecule has 164 valence electrons. The van der Waals surface area contributed by atoms with Gasteiger partial charge in [0.1, 0.15) is 6.61 Å². The second-order valence-corrected chi connectivity index (χ2v) is 9.50. The van der Waals surface area contributed by atoms with Crippen molar-refractivity contribution in [2.24, 2.45) is 0 Å². The van der Waals surface area contributed by atoms with E-state index < -0.39 is 22.2 Å². The normalized spacial score (nSPS) is 21.4. The highest BCUT2D eigenvalue weighted by atomic mass is 35.5. The van der Waals surface area contributed by atoms with Crippen LogP contribution in [0.2, 0.25) is 5.02 Å². The van der Waals surface area contributed by atoms with Gasteiger partial charge in [-0.05, 0) is 43.2 Å². The Kier molecular flexibility index (Phi) is 6.45. The van der Waals surface area contributed by atoms with Crippen LogP contribution in [0.25, 0.3) is 0 Å². The topological polar surface area (TPSA) is 79.7 Å². The maximum atomic E-state index is 12.7. The molecule has 9 heteroatoms. The van der Waals surface area contributed by atoms with Crippen LogP contribution in [-0.4, -0.2) is 36.7 Å². The molecule has 2 atom stereocenters. The van der Waals surface area contributed by atoms with Crippen molar-refractivity contribution in [2.45, 2.75) is 43.3 Å². The van der Waals surface area contributed by atoms with Gasteiger partial charge in [0.15, 0.2) is 5.79 Å². The van der Waals surface area contributed by atoms with Gasteiger partial charge < -0.3 is 14.0 Å². The van der Waals surface area contributed by atoms with Gasteiger partial charge in [-0.2, -0.15) is 8.42 Å². The van der Waals surface area contributed by atoms with Crippen LogP contribution < -0.4 is 0 Å². The van der Waals surface area contributed by atoms with Crippen LogP contribution in [0.5, 0.6) is 0 Å². The largest absolute Gasteiger partial charge is 0.343 e. The fourth-order valence-electron chi connectivity index (χ4n) is 3.41. The van der Waals surface area contributed by atoms with Gasteiger partial charge >= 0.3 is 0 Å². The summed E-state index contributed by atoms with van der Waals surface area (Å²) in [5, 5.41) is 0.667. The standard InChI is InChI=1S/C22H23ClN2O5S/c1-17-2-8-20(9-3-17)31(26,27)30-21-14-28-22(29-21,15-25-13-12-24-16-25)11-10-18-4-6-19(23)7-5-18/h2-9,12-13,16,21H,10-11,14-15H2,1H3/t21?,22-/m0/s1. The minimum absolute atomic E-state index is 0.000403. The number of aromatic nitrogens is 2. The fraction of sp³-hybridized carbons (Fsp3) is 0.318. The van der Waals surface area contributed by atoms with E-state index in [0.717, 1.165) is 11.1 Å². The number of nitrogens with zero attached hydrogens (tertiary/aromatic N) is 2. The van der Waals surface area contributed by atoms with Gasteiger partial charge in [0.2, 0.25) is 6.29 Å². The molecule has 7 nitrogen and oxygen atoms in total. The quantitative estimate of drug-likeness (QED) is 0.471. The SMILES string of the molecule is Cc1ccc(S(=O)(=O)OC2CO[C@](CCc3ccc(Cl)cc3)(Cn3ccnc3)O2)cc1. The highest BCUT2D eigenvalue weighted by Gasteiger charge is 2.44. The summed E-state index contributed by atoms with van der Waals surface area (Å²) in [6.07, 6.45) is 5.24. The average Bonchev–Trinajstić information content (AvgIpc) is 3.38. The Morgan fingerprint density at radius 3 is 2.61 bits per heavy atom. The molecule has 1 aliphatic heterocycles. The minimum Gasteiger partial charge on any atom is -0.343 e. The third kappa shape index (κ3) is 5.53. The Labute approximate surface area is 186 Å². The van der Waals surface area contributed by atoms with Gasteiger partial charge in [0.25, 0.3) is 10.1 Å². The average molecular weight is 463 g/mol. The van der Waals surface area contributed by atoms with Crippen molar-refractivity contribution in [3.05, 3.63) is 83.4 Å². The molecule has 0 amide bonds. The fourth-order valence-corrected chi connectivity index (χ4v) is 4.50. The smallest absolute Gasteiger partial charge is 0.299 e. The Morgan fingerprint density at radius 1 is 1.19 bits per heavy atom. The van der Waals surface area contributed by atoms with Gasteiger partial charge in [0.05, 0.1) is 17.8 Å². The summed E-state index contributed by atoms with van der Waals surface area (Å²) in [6, 6.07) is 14.0. The molecule has 1 aromatic heterocycles. The van der Waals surface area contributed by atoms with E-state index in [1.165, 1.54) is 12.1 Å². The van der Waals surface area contributed by atoms with Crippen molar-refractivity contribution in [1.29, 1.82) is 0 Å². The summed E-state index contributed by atoms with van der Waals surface area (Å²) in [5.74, 6) is -1.05. The van der Waals surface area contributed by atoms with E-state index in [1.807, 2.05) is 35.8 Å². The van der Waals surface area contributed by atoms with Crippen LogP contribution in [0.3, 0.4) is 0 Å². The molecule has 2 aromatic carbocycles. The summed E-state index contributed by atoms with van der Waals surface area (Å²) in [5.41, 5.74) is 2.03. The maximum Gasteiger partial charge on any atom is 0.299 e. The molecule has 2 heterocycles. The molecule has 0 spiro atoms. The molecule has 1 fully saturated rings. The van der Waals surface area contributed by atoms with E-state index in [2.05, 4.69) is 4.98 Å². The lowest BCUT2D eigenvalue weighted by Gasteiger charge is -2.28. The number of benzene rings is 2. The van der Waals surface area contributed by atoms with E-state index in [-0.39, 0.29) is 11.5 Å². The molecule has 1 aliphatic rings. The second-order valence-electron chi connectivity index (χ2n) is 7.49. The first-order valence-corrected chi connectivity index (χ1v) is 11.6. The molecule has 4 rings (SSSR count). The predicted octanol–water partition coefficient (Wildman–Crippen LogP) is 3.95. The van der Waals surface area contributed by atoms with Crippen molar-refractivity contribution < 1.29 is 22.1 Å². The number of hydrogen-bond acceptors (Lipinski definition) is 6. The summed E-state index contributed by atoms with van der Waals surface area (Å²) in [7, 11) is -3.98. The summed E-state index contributed by atoms with van der Waals surface area (Å²) in [4.78, 5) is 4.14. The van der Waals surface area contributed by atoms with Crippen LogP contribution >= 0.6 is 11.6 Å². The first-order valence-electron chi connectivity index (χ1n) is 9.86. The molecule has 0 radical (unpaired) electrons. The molecule has 3 aromatic rings. The first kappa shape index (κ1) is 22.0. The van der Waals surface area contributed by atoms with Gasteiger partial charge in [0, 0.05) is 23.8 Å². The van der Waals surface area contributed by atoms with E-state index in [0.29, 0.717) is 24.4 Å². The zero-order chi connectivity index (χ0) is 21.9. The van der Waals surface area contributed by atoms with E-state index >= 15 is 0 Å². The Hall–Kier alpha value is -2.23. The van der Waals surface area contributed by atoms with Gasteiger partial charge in [-0.3, -0.25) is 0 Å². The number of ether oxygens (including phenoxy) is 2. The van der Waals surface area contributed by atoms with Crippen molar-refractivity contribution >= 4 is 21.7 Å². The maximum absolute atomic E-state index is 12.7. The monoisotopic (exact) mass is 462 g/mol. The van der Waals surface area contributed by atoms with E-state index in [1.54, 1.807) is 30.9 Å². The number of hydrogen-bond donors (Lipinski definition) is 0. The third-order valence-corrected chi connectivity index (χ3v) is 6.63. The van der Waals surface area contributed by atoms with E-state index in [9.17, 15) is 8.42 Å². The van der Waals surface area contributed by atoms with Crippen LogP contribution in [0.1, 0.15) is 17.5 Å². The predicted molar refractivity (Wildman–Crippen MR) is 115 cm³/mol. The summed E-state index contributed by atoms with van der Waals surface area (Å²) < 4.78 is 44.5. The van der Waals surface area contributed by atoms with Crippen molar-refractivity contribution in [3.8, 4) is 0 Å². The lowest BCUT2D eigenvalue weighted by molar-refractivity contribution is -0.203. The van der Waals surface area contributed by atoms with Gasteiger partial charge in [-0.15, -0.1) is 0 Å². The number of imidazole rings is 1. The zero-order valence-electron chi connectivity index (χ0n) is 17.0. The molecule has 0 N–H and O–H groups in total. The Balaban J connectivity index is 1.48. The highest BCUT2D eigenvalue weighted by molar-refractivity contribution is 7.86. The van der Waals surface area contributed by atoms with Crippen molar-refractivity contribution in [3.63, 3.8) is 0 Å². The van der Waals surface area contributed by atoms with Crippen LogP contribution in [0.15, 0.2) is 72.1 Å². The lowest BCUT2D eigenvalue weighted by Crippen LogP contribution is -2.37. The van der Waals surface area contributed by atoms with Crippen LogP contribution in [-0.2, 0) is 36.7 Å². The second kappa shape index (κ2) is 9.10. The van der Waals surface area contributed by atoms with Crippen molar-refractivity contribution in [2.75, 3.05) is 6.61 Å².